The molecule has 3 heteroatoms. The molecule has 1 aromatic rings. The maximum atomic E-state index is 13.3. The first kappa shape index (κ1) is 15.8. The minimum Gasteiger partial charge on any atom is -0.390 e. The molecule has 2 rings (SSSR count). The Labute approximate surface area is 126 Å². The molecule has 0 saturated heterocycles. The van der Waals surface area contributed by atoms with Gasteiger partial charge in [-0.3, -0.25) is 0 Å². The Balaban J connectivity index is 2.05. The fourth-order valence-corrected chi connectivity index (χ4v) is 3.55. The van der Waals surface area contributed by atoms with Gasteiger partial charge in [0.25, 0.3) is 0 Å². The van der Waals surface area contributed by atoms with Crippen molar-refractivity contribution in [2.24, 2.45) is 5.92 Å². The Hall–Kier alpha value is -0.600. The minimum atomic E-state index is -0.722. The monoisotopic (exact) mass is 298 g/mol. The van der Waals surface area contributed by atoms with Gasteiger partial charge in [-0.25, -0.2) is 4.39 Å². The molecule has 0 radical (unpaired) electrons. The molecule has 112 valence electrons. The summed E-state index contributed by atoms with van der Waals surface area (Å²) in [4.78, 5) is 0. The minimum absolute atomic E-state index is 0.287. The van der Waals surface area contributed by atoms with Crippen LogP contribution in [0.15, 0.2) is 18.2 Å². The second-order valence-corrected chi connectivity index (χ2v) is 6.63. The topological polar surface area (TPSA) is 20.2 Å². The predicted molar refractivity (Wildman–Crippen MR) is 81.5 cm³/mol. The number of rotatable bonds is 4. The second kappa shape index (κ2) is 6.91. The molecule has 1 aliphatic carbocycles. The molecule has 0 spiro atoms. The fraction of sp³-hybridized carbons (Fsp3) is 0.647. The van der Waals surface area contributed by atoms with E-state index in [1.807, 2.05) is 0 Å². The average Bonchev–Trinajstić information content (AvgIpc) is 2.57. The van der Waals surface area contributed by atoms with Gasteiger partial charge >= 0.3 is 0 Å². The number of hydrogen-bond acceptors (Lipinski definition) is 1. The number of halogens is 2. The van der Waals surface area contributed by atoms with E-state index in [0.717, 1.165) is 37.2 Å². The molecule has 1 fully saturated rings. The average molecular weight is 299 g/mol. The SMILES string of the molecule is CCCC1CCCC(O)(Cc2cc(F)ccc2Cl)CC1. The Morgan fingerprint density at radius 1 is 1.35 bits per heavy atom. The van der Waals surface area contributed by atoms with E-state index in [-0.39, 0.29) is 5.82 Å². The standard InChI is InChI=1S/C17H24ClFO/c1-2-4-13-5-3-9-17(20,10-8-13)12-14-11-15(19)6-7-16(14)18/h6-7,11,13,20H,2-5,8-10,12H2,1H3. The molecule has 2 atom stereocenters. The van der Waals surface area contributed by atoms with Crippen molar-refractivity contribution in [3.63, 3.8) is 0 Å². The van der Waals surface area contributed by atoms with Crippen LogP contribution in [0.25, 0.3) is 0 Å². The zero-order valence-corrected chi connectivity index (χ0v) is 12.9. The third-order valence-electron chi connectivity index (χ3n) is 4.50. The van der Waals surface area contributed by atoms with Gasteiger partial charge in [-0.05, 0) is 48.9 Å². The lowest BCUT2D eigenvalue weighted by Crippen LogP contribution is -2.31. The van der Waals surface area contributed by atoms with Crippen molar-refractivity contribution in [1.29, 1.82) is 0 Å². The van der Waals surface area contributed by atoms with Crippen LogP contribution < -0.4 is 0 Å². The summed E-state index contributed by atoms with van der Waals surface area (Å²) < 4.78 is 13.3. The quantitative estimate of drug-likeness (QED) is 0.764. The van der Waals surface area contributed by atoms with E-state index < -0.39 is 5.60 Å². The van der Waals surface area contributed by atoms with Crippen molar-refractivity contribution in [3.8, 4) is 0 Å². The van der Waals surface area contributed by atoms with Crippen molar-refractivity contribution < 1.29 is 9.50 Å². The van der Waals surface area contributed by atoms with E-state index in [1.54, 1.807) is 6.07 Å². The van der Waals surface area contributed by atoms with E-state index in [1.165, 1.54) is 31.4 Å². The maximum Gasteiger partial charge on any atom is 0.123 e. The normalized spacial score (nSPS) is 27.3. The molecule has 1 nitrogen and oxygen atoms in total. The smallest absolute Gasteiger partial charge is 0.123 e. The highest BCUT2D eigenvalue weighted by atomic mass is 35.5. The molecular formula is C17H24ClFO. The van der Waals surface area contributed by atoms with Crippen molar-refractivity contribution in [1.82, 2.24) is 0 Å². The maximum absolute atomic E-state index is 13.3. The molecule has 0 aliphatic heterocycles. The third-order valence-corrected chi connectivity index (χ3v) is 4.87. The third kappa shape index (κ3) is 4.20. The zero-order chi connectivity index (χ0) is 14.6. The molecule has 0 heterocycles. The van der Waals surface area contributed by atoms with Crippen LogP contribution in [0.5, 0.6) is 0 Å². The Kier molecular flexibility index (Phi) is 5.45. The van der Waals surface area contributed by atoms with E-state index in [4.69, 9.17) is 11.6 Å². The summed E-state index contributed by atoms with van der Waals surface area (Å²) in [5.41, 5.74) is 0.00280. The van der Waals surface area contributed by atoms with Gasteiger partial charge in [0.05, 0.1) is 5.60 Å². The lowest BCUT2D eigenvalue weighted by molar-refractivity contribution is 0.0241. The van der Waals surface area contributed by atoms with Crippen molar-refractivity contribution in [2.45, 2.75) is 63.9 Å². The van der Waals surface area contributed by atoms with Gasteiger partial charge in [0.15, 0.2) is 0 Å². The van der Waals surface area contributed by atoms with E-state index in [2.05, 4.69) is 6.92 Å². The van der Waals surface area contributed by atoms with Gasteiger partial charge < -0.3 is 5.11 Å². The summed E-state index contributed by atoms with van der Waals surface area (Å²) in [6, 6.07) is 4.39. The van der Waals surface area contributed by atoms with Gasteiger partial charge in [0, 0.05) is 11.4 Å². The van der Waals surface area contributed by atoms with Gasteiger partial charge in [-0.15, -0.1) is 0 Å². The van der Waals surface area contributed by atoms with Crippen LogP contribution in [0.2, 0.25) is 5.02 Å². The molecule has 0 amide bonds. The van der Waals surface area contributed by atoms with Crippen LogP contribution in [0.3, 0.4) is 0 Å². The van der Waals surface area contributed by atoms with E-state index in [0.29, 0.717) is 11.4 Å². The molecule has 1 aromatic carbocycles. The summed E-state index contributed by atoms with van der Waals surface area (Å²) in [6.45, 7) is 2.21. The van der Waals surface area contributed by atoms with Crippen LogP contribution in [-0.4, -0.2) is 10.7 Å². The number of aliphatic hydroxyl groups is 1. The van der Waals surface area contributed by atoms with Gasteiger partial charge in [-0.1, -0.05) is 44.2 Å². The van der Waals surface area contributed by atoms with Crippen LogP contribution in [-0.2, 0) is 6.42 Å². The first-order valence-corrected chi connectivity index (χ1v) is 8.06. The molecule has 1 aliphatic rings. The number of hydrogen-bond donors (Lipinski definition) is 1. The van der Waals surface area contributed by atoms with Crippen molar-refractivity contribution in [3.05, 3.63) is 34.6 Å². The summed E-state index contributed by atoms with van der Waals surface area (Å²) in [6.07, 6.45) is 7.82. The highest BCUT2D eigenvalue weighted by Gasteiger charge is 2.31. The largest absolute Gasteiger partial charge is 0.390 e. The Morgan fingerprint density at radius 3 is 2.90 bits per heavy atom. The first-order valence-electron chi connectivity index (χ1n) is 7.69. The van der Waals surface area contributed by atoms with Gasteiger partial charge in [0.2, 0.25) is 0 Å². The lowest BCUT2D eigenvalue weighted by atomic mass is 9.86. The predicted octanol–water partition coefficient (Wildman–Crippen LogP) is 5.13. The molecule has 0 aromatic heterocycles. The first-order chi connectivity index (χ1) is 9.52. The molecule has 20 heavy (non-hydrogen) atoms. The summed E-state index contributed by atoms with van der Waals surface area (Å²) in [5.74, 6) is 0.447. The van der Waals surface area contributed by atoms with Gasteiger partial charge in [-0.2, -0.15) is 0 Å². The highest BCUT2D eigenvalue weighted by Crippen LogP contribution is 2.35. The Morgan fingerprint density at radius 2 is 2.15 bits per heavy atom. The van der Waals surface area contributed by atoms with Crippen LogP contribution in [0.4, 0.5) is 4.39 Å². The molecule has 0 bridgehead atoms. The van der Waals surface area contributed by atoms with Crippen molar-refractivity contribution >= 4 is 11.6 Å². The van der Waals surface area contributed by atoms with Gasteiger partial charge in [0.1, 0.15) is 5.82 Å². The summed E-state index contributed by atoms with van der Waals surface area (Å²) in [5, 5.41) is 11.4. The molecule has 1 saturated carbocycles. The lowest BCUT2D eigenvalue weighted by Gasteiger charge is -2.27. The Bertz CT molecular complexity index is 449. The molecule has 2 unspecified atom stereocenters. The van der Waals surface area contributed by atoms with E-state index >= 15 is 0 Å². The summed E-state index contributed by atoms with van der Waals surface area (Å²) >= 11 is 6.12. The van der Waals surface area contributed by atoms with E-state index in [9.17, 15) is 9.50 Å². The molecule has 1 N–H and O–H groups in total. The van der Waals surface area contributed by atoms with Crippen LogP contribution in [0, 0.1) is 11.7 Å². The second-order valence-electron chi connectivity index (χ2n) is 6.22. The number of benzene rings is 1. The highest BCUT2D eigenvalue weighted by molar-refractivity contribution is 6.31. The van der Waals surface area contributed by atoms with Crippen molar-refractivity contribution in [2.75, 3.05) is 0 Å². The zero-order valence-electron chi connectivity index (χ0n) is 12.2. The fourth-order valence-electron chi connectivity index (χ4n) is 3.37. The van der Waals surface area contributed by atoms with Crippen LogP contribution in [0.1, 0.15) is 57.4 Å². The summed E-state index contributed by atoms with van der Waals surface area (Å²) in [7, 11) is 0. The van der Waals surface area contributed by atoms with Crippen LogP contribution >= 0.6 is 11.6 Å². The molecular weight excluding hydrogens is 275 g/mol.